The molecule has 0 aliphatic heterocycles. The molecule has 1 saturated carbocycles. The maximum absolute atomic E-state index is 11.5. The second-order valence-electron chi connectivity index (χ2n) is 6.36. The highest BCUT2D eigenvalue weighted by molar-refractivity contribution is 6.29. The number of unbranched alkanes of at least 4 members (excludes halogenated alkanes) is 6. The number of ether oxygens (including phenoxy) is 2. The van der Waals surface area contributed by atoms with E-state index in [0.29, 0.717) is 19.1 Å². The summed E-state index contributed by atoms with van der Waals surface area (Å²) in [7, 11) is 0. The standard InChI is InChI=1S/C18H32O4/c1-2-3-4-5-6-7-11-14-21-17(19)18(20)22-15-16-12-9-8-10-13-16/h16H,2-15H2,1H3. The zero-order chi connectivity index (χ0) is 16.0. The molecule has 1 rings (SSSR count). The Morgan fingerprint density at radius 3 is 2.09 bits per heavy atom. The van der Waals surface area contributed by atoms with Crippen LogP contribution in [0.5, 0.6) is 0 Å². The summed E-state index contributed by atoms with van der Waals surface area (Å²) < 4.78 is 10.0. The second kappa shape index (κ2) is 12.5. The van der Waals surface area contributed by atoms with Gasteiger partial charge in [-0.25, -0.2) is 9.59 Å². The van der Waals surface area contributed by atoms with Crippen molar-refractivity contribution >= 4 is 11.9 Å². The van der Waals surface area contributed by atoms with Gasteiger partial charge in [0.1, 0.15) is 0 Å². The number of carbonyl (C=O) groups excluding carboxylic acids is 2. The molecule has 22 heavy (non-hydrogen) atoms. The third-order valence-electron chi connectivity index (χ3n) is 4.32. The van der Waals surface area contributed by atoms with Gasteiger partial charge in [0, 0.05) is 0 Å². The van der Waals surface area contributed by atoms with Crippen LogP contribution in [0.25, 0.3) is 0 Å². The molecule has 0 amide bonds. The van der Waals surface area contributed by atoms with Crippen LogP contribution in [0.4, 0.5) is 0 Å². The Balaban J connectivity index is 1.95. The monoisotopic (exact) mass is 312 g/mol. The predicted octanol–water partition coefficient (Wildman–Crippen LogP) is 4.40. The highest BCUT2D eigenvalue weighted by Crippen LogP contribution is 2.23. The molecule has 0 aromatic carbocycles. The molecule has 1 aliphatic carbocycles. The van der Waals surface area contributed by atoms with Crippen LogP contribution in [0.15, 0.2) is 0 Å². The van der Waals surface area contributed by atoms with Crippen molar-refractivity contribution in [3.63, 3.8) is 0 Å². The van der Waals surface area contributed by atoms with E-state index < -0.39 is 11.9 Å². The number of hydrogen-bond acceptors (Lipinski definition) is 4. The lowest BCUT2D eigenvalue weighted by atomic mass is 9.90. The van der Waals surface area contributed by atoms with E-state index in [-0.39, 0.29) is 0 Å². The summed E-state index contributed by atoms with van der Waals surface area (Å²) in [6, 6.07) is 0. The van der Waals surface area contributed by atoms with E-state index in [2.05, 4.69) is 6.92 Å². The fourth-order valence-electron chi connectivity index (χ4n) is 2.89. The first kappa shape index (κ1) is 19.0. The van der Waals surface area contributed by atoms with Gasteiger partial charge in [0.25, 0.3) is 0 Å². The van der Waals surface area contributed by atoms with Crippen molar-refractivity contribution in [2.24, 2.45) is 5.92 Å². The minimum Gasteiger partial charge on any atom is -0.457 e. The molecule has 0 unspecified atom stereocenters. The fourth-order valence-corrected chi connectivity index (χ4v) is 2.89. The molecule has 0 spiro atoms. The van der Waals surface area contributed by atoms with Crippen LogP contribution >= 0.6 is 0 Å². The molecule has 0 saturated heterocycles. The predicted molar refractivity (Wildman–Crippen MR) is 86.5 cm³/mol. The van der Waals surface area contributed by atoms with E-state index in [1.54, 1.807) is 0 Å². The summed E-state index contributed by atoms with van der Waals surface area (Å²) >= 11 is 0. The number of carbonyl (C=O) groups is 2. The third-order valence-corrected chi connectivity index (χ3v) is 4.32. The molecular formula is C18H32O4. The molecule has 0 N–H and O–H groups in total. The lowest BCUT2D eigenvalue weighted by molar-refractivity contribution is -0.168. The Bertz CT molecular complexity index is 308. The zero-order valence-electron chi connectivity index (χ0n) is 14.1. The number of rotatable bonds is 10. The van der Waals surface area contributed by atoms with Gasteiger partial charge in [-0.05, 0) is 25.2 Å². The van der Waals surface area contributed by atoms with Gasteiger partial charge in [0.05, 0.1) is 13.2 Å². The van der Waals surface area contributed by atoms with Crippen molar-refractivity contribution in [1.82, 2.24) is 0 Å². The van der Waals surface area contributed by atoms with Crippen molar-refractivity contribution in [2.75, 3.05) is 13.2 Å². The lowest BCUT2D eigenvalue weighted by Crippen LogP contribution is -2.24. The molecule has 0 heterocycles. The van der Waals surface area contributed by atoms with Crippen LogP contribution in [0.3, 0.4) is 0 Å². The van der Waals surface area contributed by atoms with Crippen LogP contribution in [-0.4, -0.2) is 25.2 Å². The molecule has 4 nitrogen and oxygen atoms in total. The quantitative estimate of drug-likeness (QED) is 0.341. The number of hydrogen-bond donors (Lipinski definition) is 0. The van der Waals surface area contributed by atoms with Crippen LogP contribution in [0.1, 0.15) is 84.0 Å². The minimum atomic E-state index is -0.832. The fraction of sp³-hybridized carbons (Fsp3) is 0.889. The van der Waals surface area contributed by atoms with Crippen molar-refractivity contribution < 1.29 is 19.1 Å². The minimum absolute atomic E-state index is 0.325. The highest BCUT2D eigenvalue weighted by Gasteiger charge is 2.20. The van der Waals surface area contributed by atoms with Crippen LogP contribution in [-0.2, 0) is 19.1 Å². The van der Waals surface area contributed by atoms with Gasteiger partial charge in [-0.15, -0.1) is 0 Å². The molecule has 1 fully saturated rings. The summed E-state index contributed by atoms with van der Waals surface area (Å²) in [5, 5.41) is 0. The zero-order valence-corrected chi connectivity index (χ0v) is 14.1. The normalized spacial score (nSPS) is 15.5. The summed E-state index contributed by atoms with van der Waals surface area (Å²) in [4.78, 5) is 23.0. The Morgan fingerprint density at radius 2 is 1.41 bits per heavy atom. The van der Waals surface area contributed by atoms with Crippen LogP contribution in [0, 0.1) is 5.92 Å². The van der Waals surface area contributed by atoms with Crippen molar-refractivity contribution in [3.8, 4) is 0 Å². The average Bonchev–Trinajstić information content (AvgIpc) is 2.55. The maximum atomic E-state index is 11.5. The maximum Gasteiger partial charge on any atom is 0.417 e. The molecule has 0 atom stereocenters. The Hall–Kier alpha value is -1.06. The summed E-state index contributed by atoms with van der Waals surface area (Å²) in [6.45, 7) is 2.89. The first-order valence-electron chi connectivity index (χ1n) is 9.08. The van der Waals surface area contributed by atoms with Gasteiger partial charge in [0.15, 0.2) is 0 Å². The van der Waals surface area contributed by atoms with E-state index in [9.17, 15) is 9.59 Å². The molecule has 4 heteroatoms. The van der Waals surface area contributed by atoms with E-state index in [0.717, 1.165) is 25.7 Å². The molecule has 0 bridgehead atoms. The highest BCUT2D eigenvalue weighted by atomic mass is 16.6. The van der Waals surface area contributed by atoms with E-state index >= 15 is 0 Å². The van der Waals surface area contributed by atoms with Gasteiger partial charge in [-0.3, -0.25) is 0 Å². The topological polar surface area (TPSA) is 52.6 Å². The first-order valence-corrected chi connectivity index (χ1v) is 9.08. The van der Waals surface area contributed by atoms with Gasteiger partial charge >= 0.3 is 11.9 Å². The summed E-state index contributed by atoms with van der Waals surface area (Å²) in [5.41, 5.74) is 0. The Morgan fingerprint density at radius 1 is 0.818 bits per heavy atom. The molecule has 128 valence electrons. The first-order chi connectivity index (χ1) is 10.7. The Labute approximate surface area is 134 Å². The molecule has 0 aromatic rings. The summed E-state index contributed by atoms with van der Waals surface area (Å²) in [6.07, 6.45) is 14.0. The lowest BCUT2D eigenvalue weighted by Gasteiger charge is -2.20. The van der Waals surface area contributed by atoms with Crippen LogP contribution < -0.4 is 0 Å². The van der Waals surface area contributed by atoms with Crippen molar-refractivity contribution in [3.05, 3.63) is 0 Å². The van der Waals surface area contributed by atoms with Gasteiger partial charge in [-0.2, -0.15) is 0 Å². The van der Waals surface area contributed by atoms with Crippen molar-refractivity contribution in [2.45, 2.75) is 84.0 Å². The van der Waals surface area contributed by atoms with Crippen molar-refractivity contribution in [1.29, 1.82) is 0 Å². The molecule has 1 aliphatic rings. The van der Waals surface area contributed by atoms with Crippen LogP contribution in [0.2, 0.25) is 0 Å². The average molecular weight is 312 g/mol. The molecule has 0 aromatic heterocycles. The van der Waals surface area contributed by atoms with Gasteiger partial charge < -0.3 is 9.47 Å². The largest absolute Gasteiger partial charge is 0.457 e. The van der Waals surface area contributed by atoms with Gasteiger partial charge in [-0.1, -0.05) is 64.7 Å². The summed E-state index contributed by atoms with van der Waals surface area (Å²) in [5.74, 6) is -1.23. The number of esters is 2. The van der Waals surface area contributed by atoms with E-state index in [1.165, 1.54) is 51.4 Å². The smallest absolute Gasteiger partial charge is 0.417 e. The third kappa shape index (κ3) is 9.06. The van der Waals surface area contributed by atoms with E-state index in [1.807, 2.05) is 0 Å². The van der Waals surface area contributed by atoms with E-state index in [4.69, 9.17) is 9.47 Å². The Kier molecular flexibility index (Phi) is 10.8. The van der Waals surface area contributed by atoms with Gasteiger partial charge in [0.2, 0.25) is 0 Å². The SMILES string of the molecule is CCCCCCCCCOC(=O)C(=O)OCC1CCCCC1. The second-order valence-corrected chi connectivity index (χ2v) is 6.36. The molecule has 0 radical (unpaired) electrons. The molecular weight excluding hydrogens is 280 g/mol.